The molecule has 0 saturated heterocycles. The number of fused-ring (bicyclic) bond motifs is 1. The Morgan fingerprint density at radius 3 is 2.83 bits per heavy atom. The number of carbonyl (C=O) groups is 1. The Kier molecular flexibility index (Phi) is 4.57. The van der Waals surface area contributed by atoms with Crippen LogP contribution in [0.1, 0.15) is 49.1 Å². The van der Waals surface area contributed by atoms with Gasteiger partial charge in [0.25, 0.3) is 0 Å². The molecule has 23 heavy (non-hydrogen) atoms. The van der Waals surface area contributed by atoms with E-state index in [9.17, 15) is 19.1 Å². The quantitative estimate of drug-likeness (QED) is 0.877. The van der Waals surface area contributed by atoms with E-state index in [0.29, 0.717) is 6.42 Å². The van der Waals surface area contributed by atoms with Gasteiger partial charge in [0, 0.05) is 12.5 Å². The van der Waals surface area contributed by atoms with Crippen LogP contribution >= 0.6 is 0 Å². The first kappa shape index (κ1) is 15.9. The van der Waals surface area contributed by atoms with Crippen molar-refractivity contribution >= 4 is 16.8 Å². The maximum absolute atomic E-state index is 13.2. The number of carbonyl (C=O) groups excluding carboxylic acids is 1. The molecule has 0 spiro atoms. The van der Waals surface area contributed by atoms with Crippen LogP contribution in [0, 0.1) is 11.7 Å². The molecule has 1 N–H and O–H groups in total. The Hall–Kier alpha value is -2.01. The highest BCUT2D eigenvalue weighted by Crippen LogP contribution is 2.28. The van der Waals surface area contributed by atoms with Gasteiger partial charge in [-0.15, -0.1) is 0 Å². The van der Waals surface area contributed by atoms with Gasteiger partial charge in [-0.05, 0) is 43.4 Å². The second-order valence-corrected chi connectivity index (χ2v) is 6.19. The zero-order valence-electron chi connectivity index (χ0n) is 12.8. The Bertz CT molecular complexity index is 780. The van der Waals surface area contributed by atoms with E-state index in [1.54, 1.807) is 0 Å². The van der Waals surface area contributed by atoms with Gasteiger partial charge < -0.3 is 9.52 Å². The minimum absolute atomic E-state index is 0.000549. The van der Waals surface area contributed by atoms with Crippen molar-refractivity contribution in [2.24, 2.45) is 5.92 Å². The number of ketones is 1. The van der Waals surface area contributed by atoms with E-state index in [4.69, 9.17) is 4.42 Å². The highest BCUT2D eigenvalue weighted by Gasteiger charge is 2.24. The summed E-state index contributed by atoms with van der Waals surface area (Å²) in [5.41, 5.74) is -0.216. The zero-order valence-corrected chi connectivity index (χ0v) is 12.8. The summed E-state index contributed by atoms with van der Waals surface area (Å²) in [6.45, 7) is 0. The summed E-state index contributed by atoms with van der Waals surface area (Å²) in [5.74, 6) is -0.644. The second-order valence-electron chi connectivity index (χ2n) is 6.19. The molecule has 1 aliphatic carbocycles. The predicted molar refractivity (Wildman–Crippen MR) is 84.0 cm³/mol. The Balaban J connectivity index is 1.76. The molecule has 0 amide bonds. The van der Waals surface area contributed by atoms with E-state index in [2.05, 4.69) is 0 Å². The van der Waals surface area contributed by atoms with Crippen molar-refractivity contribution in [3.63, 3.8) is 0 Å². The molecule has 2 atom stereocenters. The van der Waals surface area contributed by atoms with Crippen molar-refractivity contribution < 1.29 is 18.7 Å². The summed E-state index contributed by atoms with van der Waals surface area (Å²) >= 11 is 0. The van der Waals surface area contributed by atoms with E-state index < -0.39 is 11.2 Å². The second kappa shape index (κ2) is 6.62. The van der Waals surface area contributed by atoms with E-state index in [0.717, 1.165) is 37.8 Å². The molecule has 0 bridgehead atoms. The fourth-order valence-electron chi connectivity index (χ4n) is 3.23. The van der Waals surface area contributed by atoms with Gasteiger partial charge in [0.05, 0.1) is 11.5 Å². The lowest BCUT2D eigenvalue weighted by Gasteiger charge is -2.27. The van der Waals surface area contributed by atoms with E-state index in [-0.39, 0.29) is 41.0 Å². The Morgan fingerprint density at radius 1 is 1.26 bits per heavy atom. The third kappa shape index (κ3) is 3.50. The van der Waals surface area contributed by atoms with E-state index >= 15 is 0 Å². The van der Waals surface area contributed by atoms with Crippen LogP contribution in [0.3, 0.4) is 0 Å². The van der Waals surface area contributed by atoms with Crippen LogP contribution in [0.2, 0.25) is 0 Å². The lowest BCUT2D eigenvalue weighted by molar-refractivity contribution is 0.0619. The number of benzene rings is 1. The SMILES string of the molecule is O=C(CCC1CCCC[C@@H]1O)c1cc(=O)c2cc(F)ccc2o1. The molecule has 1 saturated carbocycles. The molecule has 2 aromatic rings. The highest BCUT2D eigenvalue weighted by molar-refractivity contribution is 5.94. The number of hydrogen-bond acceptors (Lipinski definition) is 4. The van der Waals surface area contributed by atoms with Crippen molar-refractivity contribution in [2.45, 2.75) is 44.6 Å². The number of rotatable bonds is 4. The van der Waals surface area contributed by atoms with Gasteiger partial charge in [-0.3, -0.25) is 9.59 Å². The monoisotopic (exact) mass is 318 g/mol. The van der Waals surface area contributed by atoms with Crippen molar-refractivity contribution in [3.8, 4) is 0 Å². The fourth-order valence-corrected chi connectivity index (χ4v) is 3.23. The van der Waals surface area contributed by atoms with Gasteiger partial charge in [-0.2, -0.15) is 0 Å². The van der Waals surface area contributed by atoms with Crippen LogP contribution in [-0.4, -0.2) is 17.0 Å². The molecule has 1 aromatic carbocycles. The first-order valence-corrected chi connectivity index (χ1v) is 7.99. The number of halogens is 1. The topological polar surface area (TPSA) is 67.5 Å². The number of aliphatic hydroxyl groups excluding tert-OH is 1. The lowest BCUT2D eigenvalue weighted by atomic mass is 9.83. The first-order valence-electron chi connectivity index (χ1n) is 7.99. The average molecular weight is 318 g/mol. The minimum atomic E-state index is -0.518. The Morgan fingerprint density at radius 2 is 2.04 bits per heavy atom. The lowest BCUT2D eigenvalue weighted by Crippen LogP contribution is -2.25. The summed E-state index contributed by atoms with van der Waals surface area (Å²) in [6, 6.07) is 4.78. The Labute approximate surface area is 132 Å². The van der Waals surface area contributed by atoms with Gasteiger partial charge in [0.2, 0.25) is 0 Å². The molecular formula is C18H19FO4. The molecule has 3 rings (SSSR count). The van der Waals surface area contributed by atoms with Gasteiger partial charge in [-0.25, -0.2) is 4.39 Å². The third-order valence-electron chi connectivity index (χ3n) is 4.58. The predicted octanol–water partition coefficient (Wildman–Crippen LogP) is 3.45. The van der Waals surface area contributed by atoms with E-state index in [1.807, 2.05) is 0 Å². The zero-order chi connectivity index (χ0) is 16.4. The van der Waals surface area contributed by atoms with E-state index in [1.165, 1.54) is 12.1 Å². The summed E-state index contributed by atoms with van der Waals surface area (Å²) < 4.78 is 18.6. The number of aliphatic hydroxyl groups is 1. The summed E-state index contributed by atoms with van der Waals surface area (Å²) in [4.78, 5) is 24.3. The van der Waals surface area contributed by atoms with Gasteiger partial charge in [-0.1, -0.05) is 12.8 Å². The maximum atomic E-state index is 13.2. The van der Waals surface area contributed by atoms with Crippen molar-refractivity contribution in [1.29, 1.82) is 0 Å². The maximum Gasteiger partial charge on any atom is 0.198 e. The third-order valence-corrected chi connectivity index (χ3v) is 4.58. The van der Waals surface area contributed by atoms with Crippen LogP contribution in [0.4, 0.5) is 4.39 Å². The van der Waals surface area contributed by atoms with Crippen molar-refractivity contribution in [3.05, 3.63) is 46.1 Å². The molecule has 5 heteroatoms. The molecule has 0 aliphatic heterocycles. The fraction of sp³-hybridized carbons (Fsp3) is 0.444. The molecule has 4 nitrogen and oxygen atoms in total. The average Bonchev–Trinajstić information content (AvgIpc) is 2.54. The molecule has 1 heterocycles. The largest absolute Gasteiger partial charge is 0.453 e. The van der Waals surface area contributed by atoms with Crippen molar-refractivity contribution in [1.82, 2.24) is 0 Å². The molecular weight excluding hydrogens is 299 g/mol. The van der Waals surface area contributed by atoms with Gasteiger partial charge >= 0.3 is 0 Å². The molecule has 0 radical (unpaired) electrons. The number of Topliss-reactive ketones (excluding diaryl/α,β-unsaturated/α-hetero) is 1. The summed E-state index contributed by atoms with van der Waals surface area (Å²) in [5, 5.41) is 10.1. The normalized spacial score (nSPS) is 21.5. The number of hydrogen-bond donors (Lipinski definition) is 1. The molecule has 122 valence electrons. The van der Waals surface area contributed by atoms with Crippen LogP contribution in [-0.2, 0) is 0 Å². The van der Waals surface area contributed by atoms with Crippen LogP contribution in [0.5, 0.6) is 0 Å². The summed E-state index contributed by atoms with van der Waals surface area (Å²) in [7, 11) is 0. The molecule has 1 fully saturated rings. The highest BCUT2D eigenvalue weighted by atomic mass is 19.1. The first-order chi connectivity index (χ1) is 11.0. The molecule has 1 aliphatic rings. The van der Waals surface area contributed by atoms with Crippen LogP contribution < -0.4 is 5.43 Å². The summed E-state index contributed by atoms with van der Waals surface area (Å²) in [6.07, 6.45) is 4.30. The smallest absolute Gasteiger partial charge is 0.198 e. The molecule has 1 aromatic heterocycles. The minimum Gasteiger partial charge on any atom is -0.453 e. The van der Waals surface area contributed by atoms with Crippen molar-refractivity contribution in [2.75, 3.05) is 0 Å². The standard InChI is InChI=1S/C18H19FO4/c19-12-6-8-17-13(9-12)16(22)10-18(23-17)15(21)7-5-11-3-1-2-4-14(11)20/h6,8-11,14,20H,1-5,7H2/t11?,14-/m0/s1. The van der Waals surface area contributed by atoms with Crippen LogP contribution in [0.25, 0.3) is 11.0 Å². The van der Waals surface area contributed by atoms with Gasteiger partial charge in [0.1, 0.15) is 11.4 Å². The van der Waals surface area contributed by atoms with Gasteiger partial charge in [0.15, 0.2) is 17.0 Å². The van der Waals surface area contributed by atoms with Crippen LogP contribution in [0.15, 0.2) is 33.5 Å². The molecule has 1 unspecified atom stereocenters.